The maximum atomic E-state index is 2.62. The molecular weight excluding hydrogens is 785 g/mol. The highest BCUT2D eigenvalue weighted by molar-refractivity contribution is 5.91. The van der Waals surface area contributed by atoms with Crippen LogP contribution >= 0.6 is 0 Å². The number of rotatable bonds is 8. The molecule has 0 aliphatic heterocycles. The van der Waals surface area contributed by atoms with Crippen molar-refractivity contribution in [2.45, 2.75) is 43.4 Å². The first-order valence-electron chi connectivity index (χ1n) is 23.5. The Bertz CT molecular complexity index is 3200. The number of nitrogens with zero attached hydrogens (tertiary/aromatic N) is 2. The Balaban J connectivity index is 1.07. The molecule has 0 N–H and O–H groups in total. The van der Waals surface area contributed by atoms with Crippen LogP contribution in [0.2, 0.25) is 0 Å². The molecular formula is C63H50N2. The lowest BCUT2D eigenvalue weighted by atomic mass is 9.67. The van der Waals surface area contributed by atoms with Gasteiger partial charge in [0.05, 0.1) is 16.8 Å². The summed E-state index contributed by atoms with van der Waals surface area (Å²) in [7, 11) is 0. The van der Waals surface area contributed by atoms with Crippen molar-refractivity contribution in [1.82, 2.24) is 0 Å². The normalized spacial score (nSPS) is 19.1. The van der Waals surface area contributed by atoms with Gasteiger partial charge in [-0.2, -0.15) is 0 Å². The van der Waals surface area contributed by atoms with E-state index in [1.165, 1.54) is 108 Å². The van der Waals surface area contributed by atoms with Gasteiger partial charge in [-0.3, -0.25) is 0 Å². The molecule has 9 aromatic rings. The van der Waals surface area contributed by atoms with E-state index in [4.69, 9.17) is 0 Å². The van der Waals surface area contributed by atoms with E-state index in [0.29, 0.717) is 11.8 Å². The summed E-state index contributed by atoms with van der Waals surface area (Å²) >= 11 is 0. The SMILES string of the molecule is Cc1ccccc1N(c1ccccc1)c1cccc2c1C13c4c(cccc4N(c4ccccc4)c4ccc5c(c4)C(c4ccccc4)(c4ccccc4)c4ccccc4-5)CC1CCC3C2. The summed E-state index contributed by atoms with van der Waals surface area (Å²) in [6, 6.07) is 84.5. The zero-order valence-corrected chi connectivity index (χ0v) is 36.7. The minimum atomic E-state index is -0.498. The van der Waals surface area contributed by atoms with E-state index in [2.05, 4.69) is 241 Å². The van der Waals surface area contributed by atoms with E-state index in [1.807, 2.05) is 0 Å². The van der Waals surface area contributed by atoms with Gasteiger partial charge in [0.25, 0.3) is 0 Å². The van der Waals surface area contributed by atoms with E-state index < -0.39 is 5.41 Å². The third-order valence-electron chi connectivity index (χ3n) is 15.7. The quantitative estimate of drug-likeness (QED) is 0.150. The molecule has 3 atom stereocenters. The third kappa shape index (κ3) is 5.41. The van der Waals surface area contributed by atoms with E-state index in [1.54, 1.807) is 0 Å². The molecule has 0 amide bonds. The number of benzene rings is 9. The second-order valence-corrected chi connectivity index (χ2v) is 18.8. The third-order valence-corrected chi connectivity index (χ3v) is 15.7. The molecule has 0 bridgehead atoms. The van der Waals surface area contributed by atoms with Crippen LogP contribution in [0.5, 0.6) is 0 Å². The molecule has 1 spiro atoms. The monoisotopic (exact) mass is 834 g/mol. The standard InChI is InChI=1S/C63H50N2/c1-43-20-14-17-33-57(43)65(51-29-12-5-13-30-51)59-35-19-22-45-41-49-37-36-48-40-44-21-18-34-58(60(44)63(48,49)61(45)59)64(50-27-10-4-11-28-50)52-38-39-54-53-31-15-16-32-55(53)62(56(54)42-52,46-23-6-2-7-24-46)47-25-8-3-9-26-47/h2-35,38-39,42,48-49H,36-37,40-41H2,1H3. The fourth-order valence-electron chi connectivity index (χ4n) is 13.4. The van der Waals surface area contributed by atoms with Crippen LogP contribution in [0.3, 0.4) is 0 Å². The fourth-order valence-corrected chi connectivity index (χ4v) is 13.4. The summed E-state index contributed by atoms with van der Waals surface area (Å²) in [6.07, 6.45) is 4.67. The number of hydrogen-bond donors (Lipinski definition) is 0. The van der Waals surface area contributed by atoms with Crippen LogP contribution in [-0.4, -0.2) is 0 Å². The van der Waals surface area contributed by atoms with Crippen LogP contribution in [0.15, 0.2) is 224 Å². The van der Waals surface area contributed by atoms with Crippen molar-refractivity contribution in [2.24, 2.45) is 11.8 Å². The fraction of sp³-hybridized carbons (Fsp3) is 0.143. The highest BCUT2D eigenvalue weighted by atomic mass is 15.2. The molecule has 13 rings (SSSR count). The zero-order valence-electron chi connectivity index (χ0n) is 36.7. The highest BCUT2D eigenvalue weighted by Gasteiger charge is 2.62. The van der Waals surface area contributed by atoms with Crippen LogP contribution in [0.4, 0.5) is 34.1 Å². The molecule has 312 valence electrons. The summed E-state index contributed by atoms with van der Waals surface area (Å²) in [5.41, 5.74) is 21.9. The van der Waals surface area contributed by atoms with E-state index >= 15 is 0 Å². The van der Waals surface area contributed by atoms with Gasteiger partial charge in [-0.15, -0.1) is 0 Å². The lowest BCUT2D eigenvalue weighted by molar-refractivity contribution is 0.350. The molecule has 4 aliphatic rings. The topological polar surface area (TPSA) is 6.48 Å². The molecule has 0 heterocycles. The van der Waals surface area contributed by atoms with Crippen molar-refractivity contribution in [3.8, 4) is 11.1 Å². The average molecular weight is 835 g/mol. The van der Waals surface area contributed by atoms with Crippen molar-refractivity contribution < 1.29 is 0 Å². The minimum Gasteiger partial charge on any atom is -0.310 e. The van der Waals surface area contributed by atoms with Crippen LogP contribution in [0.1, 0.15) is 62.9 Å². The van der Waals surface area contributed by atoms with E-state index in [0.717, 1.165) is 12.8 Å². The molecule has 1 fully saturated rings. The molecule has 9 aromatic carbocycles. The minimum absolute atomic E-state index is 0.147. The maximum Gasteiger partial charge on any atom is 0.0714 e. The average Bonchev–Trinajstić information content (AvgIpc) is 4.08. The first-order valence-corrected chi connectivity index (χ1v) is 23.5. The number of fused-ring (bicyclic) bond motifs is 5. The van der Waals surface area contributed by atoms with Crippen LogP contribution in [-0.2, 0) is 23.7 Å². The Morgan fingerprint density at radius 1 is 0.385 bits per heavy atom. The summed E-state index contributed by atoms with van der Waals surface area (Å²) < 4.78 is 0. The molecule has 65 heavy (non-hydrogen) atoms. The van der Waals surface area contributed by atoms with Gasteiger partial charge >= 0.3 is 0 Å². The van der Waals surface area contributed by atoms with Gasteiger partial charge in [0, 0.05) is 28.2 Å². The Hall–Kier alpha value is -7.42. The van der Waals surface area contributed by atoms with Gasteiger partial charge in [-0.1, -0.05) is 170 Å². The number of anilines is 6. The predicted octanol–water partition coefficient (Wildman–Crippen LogP) is 15.7. The lowest BCUT2D eigenvalue weighted by Gasteiger charge is -2.40. The second-order valence-electron chi connectivity index (χ2n) is 18.8. The van der Waals surface area contributed by atoms with Crippen molar-refractivity contribution in [2.75, 3.05) is 9.80 Å². The summed E-state index contributed by atoms with van der Waals surface area (Å²) in [4.78, 5) is 5.19. The molecule has 4 aliphatic carbocycles. The van der Waals surface area contributed by atoms with Gasteiger partial charge in [-0.05, 0) is 160 Å². The second kappa shape index (κ2) is 14.8. The Labute approximate surface area is 383 Å². The largest absolute Gasteiger partial charge is 0.310 e. The Morgan fingerprint density at radius 2 is 0.862 bits per heavy atom. The molecule has 2 nitrogen and oxygen atoms in total. The molecule has 2 heteroatoms. The number of para-hydroxylation sites is 3. The van der Waals surface area contributed by atoms with Crippen LogP contribution in [0.25, 0.3) is 11.1 Å². The van der Waals surface area contributed by atoms with Crippen molar-refractivity contribution in [1.29, 1.82) is 0 Å². The summed E-state index contributed by atoms with van der Waals surface area (Å²) in [6.45, 7) is 2.26. The Kier molecular flexibility index (Phi) is 8.68. The Morgan fingerprint density at radius 3 is 1.46 bits per heavy atom. The van der Waals surface area contributed by atoms with Crippen molar-refractivity contribution in [3.63, 3.8) is 0 Å². The zero-order chi connectivity index (χ0) is 43.1. The predicted molar refractivity (Wildman–Crippen MR) is 269 cm³/mol. The summed E-state index contributed by atoms with van der Waals surface area (Å²) in [5.74, 6) is 1.02. The van der Waals surface area contributed by atoms with Gasteiger partial charge in [0.15, 0.2) is 0 Å². The maximum absolute atomic E-state index is 2.62. The molecule has 0 saturated heterocycles. The van der Waals surface area contributed by atoms with Crippen molar-refractivity contribution >= 4 is 34.1 Å². The van der Waals surface area contributed by atoms with Gasteiger partial charge in [-0.25, -0.2) is 0 Å². The summed E-state index contributed by atoms with van der Waals surface area (Å²) in [5, 5.41) is 0. The number of hydrogen-bond acceptors (Lipinski definition) is 2. The van der Waals surface area contributed by atoms with Gasteiger partial charge < -0.3 is 9.80 Å². The first kappa shape index (κ1) is 38.1. The molecule has 0 radical (unpaired) electrons. The van der Waals surface area contributed by atoms with E-state index in [9.17, 15) is 0 Å². The highest BCUT2D eigenvalue weighted by Crippen LogP contribution is 2.69. The first-order chi connectivity index (χ1) is 32.2. The van der Waals surface area contributed by atoms with Gasteiger partial charge in [0.1, 0.15) is 0 Å². The molecule has 0 aromatic heterocycles. The van der Waals surface area contributed by atoms with Crippen LogP contribution < -0.4 is 9.80 Å². The van der Waals surface area contributed by atoms with Crippen molar-refractivity contribution in [3.05, 3.63) is 275 Å². The van der Waals surface area contributed by atoms with Gasteiger partial charge in [0.2, 0.25) is 0 Å². The smallest absolute Gasteiger partial charge is 0.0714 e. The van der Waals surface area contributed by atoms with Crippen LogP contribution in [0, 0.1) is 18.8 Å². The van der Waals surface area contributed by atoms with E-state index in [-0.39, 0.29) is 5.41 Å². The molecule has 3 unspecified atom stereocenters. The lowest BCUT2D eigenvalue weighted by Crippen LogP contribution is -2.34. The molecule has 1 saturated carbocycles. The number of aryl methyl sites for hydroxylation is 1.